The summed E-state index contributed by atoms with van der Waals surface area (Å²) in [6.07, 6.45) is 1.22. The molecule has 0 aliphatic heterocycles. The van der Waals surface area contributed by atoms with Crippen LogP contribution in [0.4, 0.5) is 8.78 Å². The Morgan fingerprint density at radius 1 is 0.600 bits per heavy atom. The Balaban J connectivity index is 3.98. The lowest BCUT2D eigenvalue weighted by Gasteiger charge is -2.26. The zero-order chi connectivity index (χ0) is 12.3. The summed E-state index contributed by atoms with van der Waals surface area (Å²) in [5.74, 6) is -2.49. The molecular formula is C13H26F2. The van der Waals surface area contributed by atoms with Gasteiger partial charge in [0.15, 0.2) is 0 Å². The molecule has 0 aromatic heterocycles. The maximum atomic E-state index is 13.5. The molecule has 0 saturated carbocycles. The fourth-order valence-corrected chi connectivity index (χ4v) is 1.24. The molecule has 92 valence electrons. The second-order valence-corrected chi connectivity index (χ2v) is 6.98. The van der Waals surface area contributed by atoms with Crippen molar-refractivity contribution in [1.29, 1.82) is 0 Å². The van der Waals surface area contributed by atoms with Gasteiger partial charge in [-0.1, -0.05) is 41.5 Å². The summed E-state index contributed by atoms with van der Waals surface area (Å²) in [6.45, 7) is 12.0. The first kappa shape index (κ1) is 14.9. The van der Waals surface area contributed by atoms with E-state index in [2.05, 4.69) is 0 Å². The van der Waals surface area contributed by atoms with Gasteiger partial charge in [-0.15, -0.1) is 0 Å². The largest absolute Gasteiger partial charge is 0.248 e. The van der Waals surface area contributed by atoms with E-state index in [-0.39, 0.29) is 23.7 Å². The zero-order valence-corrected chi connectivity index (χ0v) is 11.1. The van der Waals surface area contributed by atoms with E-state index < -0.39 is 5.92 Å². The van der Waals surface area contributed by atoms with E-state index >= 15 is 0 Å². The molecule has 0 rings (SSSR count). The third-order valence-electron chi connectivity index (χ3n) is 2.48. The van der Waals surface area contributed by atoms with Gasteiger partial charge in [-0.2, -0.15) is 0 Å². The van der Waals surface area contributed by atoms with Crippen molar-refractivity contribution in [2.24, 2.45) is 10.8 Å². The Morgan fingerprint density at radius 3 is 1.07 bits per heavy atom. The highest BCUT2D eigenvalue weighted by atomic mass is 19.3. The molecule has 0 aliphatic carbocycles. The maximum absolute atomic E-state index is 13.5. The first-order valence-electron chi connectivity index (χ1n) is 5.79. The van der Waals surface area contributed by atoms with Gasteiger partial charge in [0.2, 0.25) is 5.92 Å². The molecule has 2 heteroatoms. The lowest BCUT2D eigenvalue weighted by molar-refractivity contribution is -0.0334. The van der Waals surface area contributed by atoms with Crippen molar-refractivity contribution in [1.82, 2.24) is 0 Å². The van der Waals surface area contributed by atoms with Crippen molar-refractivity contribution in [3.8, 4) is 0 Å². The van der Waals surface area contributed by atoms with Crippen LogP contribution in [0.25, 0.3) is 0 Å². The van der Waals surface area contributed by atoms with Gasteiger partial charge in [0.05, 0.1) is 0 Å². The van der Waals surface area contributed by atoms with E-state index in [9.17, 15) is 8.78 Å². The highest BCUT2D eigenvalue weighted by Gasteiger charge is 2.31. The van der Waals surface area contributed by atoms with Gasteiger partial charge in [-0.25, -0.2) is 8.78 Å². The van der Waals surface area contributed by atoms with Crippen LogP contribution in [-0.4, -0.2) is 5.92 Å². The molecule has 0 fully saturated rings. The molecule has 0 aromatic rings. The van der Waals surface area contributed by atoms with Crippen molar-refractivity contribution in [3.63, 3.8) is 0 Å². The summed E-state index contributed by atoms with van der Waals surface area (Å²) in [7, 11) is 0. The first-order valence-corrected chi connectivity index (χ1v) is 5.79. The van der Waals surface area contributed by atoms with Crippen LogP contribution in [0.2, 0.25) is 0 Å². The van der Waals surface area contributed by atoms with Crippen LogP contribution in [-0.2, 0) is 0 Å². The molecule has 15 heavy (non-hydrogen) atoms. The highest BCUT2D eigenvalue weighted by molar-refractivity contribution is 4.74. The maximum Gasteiger partial charge on any atom is 0.248 e. The summed E-state index contributed by atoms with van der Waals surface area (Å²) >= 11 is 0. The fraction of sp³-hybridized carbons (Fsp3) is 1.00. The van der Waals surface area contributed by atoms with Crippen molar-refractivity contribution in [3.05, 3.63) is 0 Å². The number of alkyl halides is 2. The molecule has 0 bridgehead atoms. The van der Waals surface area contributed by atoms with Gasteiger partial charge >= 0.3 is 0 Å². The van der Waals surface area contributed by atoms with E-state index in [1.54, 1.807) is 0 Å². The van der Waals surface area contributed by atoms with E-state index in [1.165, 1.54) is 0 Å². The van der Waals surface area contributed by atoms with Crippen LogP contribution < -0.4 is 0 Å². The Kier molecular flexibility index (Phi) is 4.75. The van der Waals surface area contributed by atoms with E-state index in [1.807, 2.05) is 41.5 Å². The van der Waals surface area contributed by atoms with Gasteiger partial charge in [-0.3, -0.25) is 0 Å². The monoisotopic (exact) mass is 220 g/mol. The molecule has 0 heterocycles. The Hall–Kier alpha value is -0.140. The summed E-state index contributed by atoms with van der Waals surface area (Å²) < 4.78 is 27.0. The van der Waals surface area contributed by atoms with Gasteiger partial charge < -0.3 is 0 Å². The predicted octanol–water partition coefficient (Wildman–Crippen LogP) is 5.27. The number of hydrogen-bond acceptors (Lipinski definition) is 0. The minimum absolute atomic E-state index is 0.00512. The van der Waals surface area contributed by atoms with Gasteiger partial charge in [0.1, 0.15) is 0 Å². The molecule has 0 amide bonds. The van der Waals surface area contributed by atoms with Crippen LogP contribution in [0.1, 0.15) is 67.2 Å². The van der Waals surface area contributed by atoms with E-state index in [4.69, 9.17) is 0 Å². The van der Waals surface area contributed by atoms with Crippen LogP contribution in [0, 0.1) is 10.8 Å². The molecule has 0 nitrogen and oxygen atoms in total. The van der Waals surface area contributed by atoms with Crippen molar-refractivity contribution < 1.29 is 8.78 Å². The topological polar surface area (TPSA) is 0 Å². The highest BCUT2D eigenvalue weighted by Crippen LogP contribution is 2.35. The number of rotatable bonds is 4. The Bertz CT molecular complexity index is 162. The predicted molar refractivity (Wildman–Crippen MR) is 62.3 cm³/mol. The minimum Gasteiger partial charge on any atom is -0.207 e. The van der Waals surface area contributed by atoms with Crippen LogP contribution in [0.3, 0.4) is 0 Å². The molecule has 0 atom stereocenters. The molecular weight excluding hydrogens is 194 g/mol. The first-order chi connectivity index (χ1) is 6.41. The summed E-state index contributed by atoms with van der Waals surface area (Å²) in [4.78, 5) is 0. The Morgan fingerprint density at radius 2 is 0.867 bits per heavy atom. The van der Waals surface area contributed by atoms with Gasteiger partial charge in [0.25, 0.3) is 0 Å². The number of halogens is 2. The van der Waals surface area contributed by atoms with Crippen molar-refractivity contribution >= 4 is 0 Å². The van der Waals surface area contributed by atoms with Crippen LogP contribution >= 0.6 is 0 Å². The standard InChI is InChI=1S/C13H26F2/c1-11(2,3)7-9-13(14,15)10-8-12(4,5)6/h7-10H2,1-6H3. The fourth-order valence-electron chi connectivity index (χ4n) is 1.24. The third kappa shape index (κ3) is 10.1. The lowest BCUT2D eigenvalue weighted by Crippen LogP contribution is -2.22. The van der Waals surface area contributed by atoms with Gasteiger partial charge in [-0.05, 0) is 23.7 Å². The summed E-state index contributed by atoms with van der Waals surface area (Å²) in [5, 5.41) is 0. The SMILES string of the molecule is CC(C)(C)CCC(F)(F)CCC(C)(C)C. The molecule has 0 unspecified atom stereocenters. The second kappa shape index (κ2) is 4.80. The zero-order valence-electron chi connectivity index (χ0n) is 11.1. The molecule has 0 spiro atoms. The molecule has 0 aliphatic rings. The van der Waals surface area contributed by atoms with Gasteiger partial charge in [0, 0.05) is 12.8 Å². The second-order valence-electron chi connectivity index (χ2n) is 6.98. The average molecular weight is 220 g/mol. The molecule has 0 radical (unpaired) electrons. The van der Waals surface area contributed by atoms with Crippen LogP contribution in [0.15, 0.2) is 0 Å². The average Bonchev–Trinajstić information content (AvgIpc) is 1.96. The normalized spacial score (nSPS) is 14.4. The summed E-state index contributed by atoms with van der Waals surface area (Å²) in [5.41, 5.74) is 0.0102. The van der Waals surface area contributed by atoms with E-state index in [0.717, 1.165) is 0 Å². The molecule has 0 saturated heterocycles. The van der Waals surface area contributed by atoms with Crippen molar-refractivity contribution in [2.45, 2.75) is 73.1 Å². The van der Waals surface area contributed by atoms with Crippen LogP contribution in [0.5, 0.6) is 0 Å². The van der Waals surface area contributed by atoms with Crippen molar-refractivity contribution in [2.75, 3.05) is 0 Å². The summed E-state index contributed by atoms with van der Waals surface area (Å²) in [6, 6.07) is 0. The lowest BCUT2D eigenvalue weighted by atomic mass is 9.85. The smallest absolute Gasteiger partial charge is 0.207 e. The quantitative estimate of drug-likeness (QED) is 0.605. The third-order valence-corrected chi connectivity index (χ3v) is 2.48. The molecule has 0 N–H and O–H groups in total. The van der Waals surface area contributed by atoms with E-state index in [0.29, 0.717) is 12.8 Å². The number of hydrogen-bond donors (Lipinski definition) is 0. The minimum atomic E-state index is -2.49. The molecule has 0 aromatic carbocycles. The Labute approximate surface area is 93.4 Å².